The van der Waals surface area contributed by atoms with Crippen LogP contribution in [0.2, 0.25) is 0 Å². The number of rotatable bonds is 7. The minimum atomic E-state index is -0.586. The molecule has 5 nitrogen and oxygen atoms in total. The van der Waals surface area contributed by atoms with Gasteiger partial charge in [0.25, 0.3) is 0 Å². The van der Waals surface area contributed by atoms with Gasteiger partial charge in [-0.3, -0.25) is 9.52 Å². The lowest BCUT2D eigenvalue weighted by atomic mass is 9.95. The third kappa shape index (κ3) is 4.51. The summed E-state index contributed by atoms with van der Waals surface area (Å²) in [6.07, 6.45) is 0.666. The topological polar surface area (TPSA) is 58.2 Å². The Kier molecular flexibility index (Phi) is 6.67. The zero-order valence-electron chi connectivity index (χ0n) is 16.8. The number of carbonyl (C=O) groups excluding carboxylic acids is 1. The van der Waals surface area contributed by atoms with Crippen molar-refractivity contribution in [3.8, 4) is 11.1 Å². The van der Waals surface area contributed by atoms with E-state index in [2.05, 4.69) is 4.72 Å². The van der Waals surface area contributed by atoms with Crippen LogP contribution in [0, 0.1) is 17.6 Å². The van der Waals surface area contributed by atoms with Crippen LogP contribution in [0.5, 0.6) is 0 Å². The number of hydrogen-bond donors (Lipinski definition) is 2. The van der Waals surface area contributed by atoms with Crippen molar-refractivity contribution in [2.75, 3.05) is 33.3 Å². The number of nitrogens with one attached hydrogen (secondary N) is 1. The Morgan fingerprint density at radius 3 is 2.77 bits per heavy atom. The monoisotopic (exact) mass is 434 g/mol. The molecule has 0 spiro atoms. The van der Waals surface area contributed by atoms with Crippen LogP contribution in [0.25, 0.3) is 11.1 Å². The lowest BCUT2D eigenvalue weighted by Crippen LogP contribution is -2.72. The van der Waals surface area contributed by atoms with E-state index in [9.17, 15) is 13.6 Å². The number of ether oxygens (including phenoxy) is 1. The van der Waals surface area contributed by atoms with Gasteiger partial charge in [-0.1, -0.05) is 30.3 Å². The molecule has 0 radical (unpaired) electrons. The van der Waals surface area contributed by atoms with Crippen molar-refractivity contribution >= 4 is 18.0 Å². The van der Waals surface area contributed by atoms with Crippen LogP contribution >= 0.6 is 12.1 Å². The Hall–Kier alpha value is -2.00. The molecule has 8 heteroatoms. The smallest absolute Gasteiger partial charge is 0.226 e. The summed E-state index contributed by atoms with van der Waals surface area (Å²) in [6.45, 7) is 2.33. The van der Waals surface area contributed by atoms with E-state index >= 15 is 0 Å². The minimum Gasteiger partial charge on any atom is -0.373 e. The van der Waals surface area contributed by atoms with E-state index in [4.69, 9.17) is 4.74 Å². The first-order valence-electron chi connectivity index (χ1n) is 10.2. The molecule has 1 amide bonds. The van der Waals surface area contributed by atoms with Gasteiger partial charge in [0.1, 0.15) is 11.6 Å². The number of benzene rings is 2. The van der Waals surface area contributed by atoms with Crippen LogP contribution in [0.3, 0.4) is 0 Å². The third-order valence-electron chi connectivity index (χ3n) is 5.66. The average molecular weight is 435 g/mol. The summed E-state index contributed by atoms with van der Waals surface area (Å²) in [5.74, 6) is -1.23. The highest BCUT2D eigenvalue weighted by atomic mass is 32.2. The largest absolute Gasteiger partial charge is 0.373 e. The van der Waals surface area contributed by atoms with E-state index in [-0.39, 0.29) is 29.4 Å². The Labute approximate surface area is 179 Å². The summed E-state index contributed by atoms with van der Waals surface area (Å²) in [4.78, 5) is 15.0. The summed E-state index contributed by atoms with van der Waals surface area (Å²) in [7, 11) is 1.95. The van der Waals surface area contributed by atoms with Crippen LogP contribution in [0.15, 0.2) is 42.5 Å². The molecule has 4 rings (SSSR count). The molecular weight excluding hydrogens is 408 g/mol. The zero-order chi connectivity index (χ0) is 21.1. The predicted molar refractivity (Wildman–Crippen MR) is 112 cm³/mol. The molecule has 1 saturated carbocycles. The molecular formula is C22H26F2N3O2S+. The van der Waals surface area contributed by atoms with Gasteiger partial charge >= 0.3 is 0 Å². The zero-order valence-corrected chi connectivity index (χ0v) is 17.6. The second kappa shape index (κ2) is 9.43. The number of hydrogen-bond acceptors (Lipinski definition) is 4. The first kappa shape index (κ1) is 21.2. The van der Waals surface area contributed by atoms with Crippen LogP contribution in [-0.4, -0.2) is 50.2 Å². The predicted octanol–water partition coefficient (Wildman–Crippen LogP) is 2.31. The molecule has 0 unspecified atom stereocenters. The van der Waals surface area contributed by atoms with Gasteiger partial charge in [-0.15, -0.1) is 0 Å². The normalized spacial score (nSPS) is 23.4. The van der Waals surface area contributed by atoms with Gasteiger partial charge in [0.15, 0.2) is 12.1 Å². The molecule has 2 fully saturated rings. The number of amides is 1. The van der Waals surface area contributed by atoms with Crippen molar-refractivity contribution in [3.63, 3.8) is 0 Å². The van der Waals surface area contributed by atoms with Crippen molar-refractivity contribution in [2.24, 2.45) is 5.92 Å². The van der Waals surface area contributed by atoms with E-state index in [1.165, 1.54) is 30.3 Å². The van der Waals surface area contributed by atoms with Crippen LogP contribution in [-0.2, 0) is 9.53 Å². The number of quaternary nitrogens is 1. The van der Waals surface area contributed by atoms with Gasteiger partial charge in [0, 0.05) is 25.6 Å². The van der Waals surface area contributed by atoms with Crippen LogP contribution in [0.1, 0.15) is 17.9 Å². The highest BCUT2D eigenvalue weighted by Crippen LogP contribution is 2.51. The van der Waals surface area contributed by atoms with Crippen LogP contribution < -0.4 is 9.44 Å². The Morgan fingerprint density at radius 2 is 2.00 bits per heavy atom. The first-order chi connectivity index (χ1) is 14.6. The van der Waals surface area contributed by atoms with Crippen molar-refractivity contribution in [2.45, 2.75) is 18.4 Å². The average Bonchev–Trinajstić information content (AvgIpc) is 3.55. The quantitative estimate of drug-likeness (QED) is 0.519. The second-order valence-corrected chi connectivity index (χ2v) is 8.61. The second-order valence-electron chi connectivity index (χ2n) is 7.61. The molecule has 1 aliphatic heterocycles. The van der Waals surface area contributed by atoms with E-state index in [0.717, 1.165) is 5.56 Å². The summed E-state index contributed by atoms with van der Waals surface area (Å²) >= 11 is 1.51. The van der Waals surface area contributed by atoms with Crippen molar-refractivity contribution in [1.82, 2.24) is 9.62 Å². The van der Waals surface area contributed by atoms with E-state index in [0.29, 0.717) is 38.2 Å². The number of nitrogens with two attached hydrogens (primary N) is 1. The fraction of sp³-hybridized carbons (Fsp3) is 0.409. The summed E-state index contributed by atoms with van der Waals surface area (Å²) < 4.78 is 39.7. The summed E-state index contributed by atoms with van der Waals surface area (Å²) in [5, 5.41) is 0. The van der Waals surface area contributed by atoms with Gasteiger partial charge in [-0.25, -0.2) is 13.5 Å². The summed E-state index contributed by atoms with van der Waals surface area (Å²) in [6, 6.07) is 11.1. The lowest BCUT2D eigenvalue weighted by Gasteiger charge is -2.33. The Morgan fingerprint density at radius 1 is 1.23 bits per heavy atom. The Balaban J connectivity index is 1.47. The maximum Gasteiger partial charge on any atom is 0.226 e. The van der Waals surface area contributed by atoms with Crippen molar-refractivity contribution < 1.29 is 23.0 Å². The number of nitrogens with zero attached hydrogens (tertiary/aromatic N) is 1. The number of carbonyl (C=O) groups is 1. The van der Waals surface area contributed by atoms with Gasteiger partial charge in [-0.05, 0) is 35.6 Å². The van der Waals surface area contributed by atoms with E-state index < -0.39 is 11.6 Å². The molecule has 1 heterocycles. The summed E-state index contributed by atoms with van der Waals surface area (Å²) in [5.41, 5.74) is 1.35. The Bertz CT molecular complexity index is 893. The standard InChI is InChI=1S/C22H25F2N3O2S/c1-25-30-26-12-14-13-27(9-10-29-14)22(28)18-11-17(18)15-5-2-3-6-16(15)21-19(23)7-4-8-20(21)24/h2-8,14,17-18,25-26H,9-13H2,1H3/p+1/t14-,17+,18-/m1/s1. The molecule has 0 aromatic heterocycles. The van der Waals surface area contributed by atoms with Gasteiger partial charge < -0.3 is 9.64 Å². The number of morpholine rings is 1. The van der Waals surface area contributed by atoms with Crippen molar-refractivity contribution in [1.29, 1.82) is 0 Å². The molecule has 2 aliphatic rings. The fourth-order valence-corrected chi connectivity index (χ4v) is 4.57. The molecule has 160 valence electrons. The molecule has 0 bridgehead atoms. The van der Waals surface area contributed by atoms with Gasteiger partial charge in [0.05, 0.1) is 25.3 Å². The highest BCUT2D eigenvalue weighted by molar-refractivity contribution is 7.90. The van der Waals surface area contributed by atoms with E-state index in [1.807, 2.05) is 28.8 Å². The fourth-order valence-electron chi connectivity index (χ4n) is 4.12. The molecule has 2 aromatic rings. The lowest BCUT2D eigenvalue weighted by molar-refractivity contribution is -0.444. The van der Waals surface area contributed by atoms with Gasteiger partial charge in [-0.2, -0.15) is 0 Å². The maximum absolute atomic E-state index is 14.4. The molecule has 2 aromatic carbocycles. The molecule has 1 aliphatic carbocycles. The number of halogens is 2. The minimum absolute atomic E-state index is 0.0163. The highest BCUT2D eigenvalue weighted by Gasteiger charge is 2.47. The maximum atomic E-state index is 14.4. The van der Waals surface area contributed by atoms with Crippen LogP contribution in [0.4, 0.5) is 8.78 Å². The van der Waals surface area contributed by atoms with Crippen molar-refractivity contribution in [3.05, 3.63) is 59.7 Å². The third-order valence-corrected chi connectivity index (χ3v) is 6.23. The molecule has 1 saturated heterocycles. The van der Waals surface area contributed by atoms with E-state index in [1.54, 1.807) is 12.1 Å². The molecule has 3 N–H and O–H groups in total. The first-order valence-corrected chi connectivity index (χ1v) is 11.1. The van der Waals surface area contributed by atoms with Gasteiger partial charge in [0.2, 0.25) is 5.91 Å². The molecule has 30 heavy (non-hydrogen) atoms. The molecule has 3 atom stereocenters. The SMILES string of the molecule is C[NH2+]SNC[C@@H]1CN(C(=O)[C@@H]2C[C@H]2c2ccccc2-c2c(F)cccc2F)CCO1.